The maximum atomic E-state index is 10.0. The number of rotatable bonds is 7. The van der Waals surface area contributed by atoms with E-state index in [0.717, 1.165) is 25.7 Å². The molecular weight excluding hydrogens is 148 g/mol. The zero-order chi connectivity index (χ0) is 9.45. The highest BCUT2D eigenvalue weighted by atomic mass is 16.3. The first-order chi connectivity index (χ1) is 5.68. The molecule has 1 unspecified atom stereocenters. The highest BCUT2D eigenvalue weighted by Gasteiger charge is 2.21. The number of unbranched alkanes of at least 4 members (excludes halogenated alkanes) is 2. The molecule has 74 valence electrons. The molecule has 0 spiro atoms. The van der Waals surface area contributed by atoms with E-state index >= 15 is 0 Å². The van der Waals surface area contributed by atoms with Crippen molar-refractivity contribution in [3.8, 4) is 0 Å². The molecule has 0 aromatic heterocycles. The Morgan fingerprint density at radius 1 is 0.917 bits per heavy atom. The van der Waals surface area contributed by atoms with Crippen molar-refractivity contribution in [2.24, 2.45) is 0 Å². The zero-order valence-corrected chi connectivity index (χ0v) is 8.90. The third-order valence-electron chi connectivity index (χ3n) is 2.62. The van der Waals surface area contributed by atoms with Crippen LogP contribution in [-0.4, -0.2) is 10.7 Å². The molecule has 1 nitrogen and oxygen atoms in total. The lowest BCUT2D eigenvalue weighted by Crippen LogP contribution is -2.27. The van der Waals surface area contributed by atoms with Crippen LogP contribution in [0.2, 0.25) is 0 Å². The van der Waals surface area contributed by atoms with Crippen molar-refractivity contribution in [1.82, 2.24) is 0 Å². The third kappa shape index (κ3) is 4.76. The molecule has 0 aliphatic carbocycles. The summed E-state index contributed by atoms with van der Waals surface area (Å²) in [5, 5.41) is 10.0. The molecule has 0 bridgehead atoms. The van der Waals surface area contributed by atoms with E-state index in [2.05, 4.69) is 20.8 Å². The second-order valence-electron chi connectivity index (χ2n) is 3.79. The predicted molar refractivity (Wildman–Crippen MR) is 54.3 cm³/mol. The Balaban J connectivity index is 3.63. The van der Waals surface area contributed by atoms with Gasteiger partial charge in [0.25, 0.3) is 0 Å². The van der Waals surface area contributed by atoms with Crippen LogP contribution in [0.1, 0.15) is 65.7 Å². The van der Waals surface area contributed by atoms with Crippen LogP contribution in [0, 0.1) is 0 Å². The molecule has 0 rings (SSSR count). The number of hydrogen-bond acceptors (Lipinski definition) is 1. The summed E-state index contributed by atoms with van der Waals surface area (Å²) >= 11 is 0. The molecule has 0 aliphatic rings. The summed E-state index contributed by atoms with van der Waals surface area (Å²) in [4.78, 5) is 0. The summed E-state index contributed by atoms with van der Waals surface area (Å²) in [5.74, 6) is 0. The fraction of sp³-hybridized carbons (Fsp3) is 1.00. The molecule has 0 aromatic carbocycles. The van der Waals surface area contributed by atoms with Gasteiger partial charge in [0.15, 0.2) is 0 Å². The van der Waals surface area contributed by atoms with Gasteiger partial charge in [-0.25, -0.2) is 0 Å². The van der Waals surface area contributed by atoms with Gasteiger partial charge in [0.2, 0.25) is 0 Å². The molecule has 1 heteroatoms. The van der Waals surface area contributed by atoms with Crippen molar-refractivity contribution in [3.05, 3.63) is 0 Å². The van der Waals surface area contributed by atoms with E-state index in [4.69, 9.17) is 0 Å². The van der Waals surface area contributed by atoms with Crippen molar-refractivity contribution >= 4 is 0 Å². The van der Waals surface area contributed by atoms with Crippen LogP contribution in [0.4, 0.5) is 0 Å². The van der Waals surface area contributed by atoms with E-state index in [1.54, 1.807) is 0 Å². The van der Waals surface area contributed by atoms with Crippen LogP contribution in [0.5, 0.6) is 0 Å². The molecule has 0 fully saturated rings. The summed E-state index contributed by atoms with van der Waals surface area (Å²) in [6, 6.07) is 0. The topological polar surface area (TPSA) is 20.2 Å². The van der Waals surface area contributed by atoms with Gasteiger partial charge in [-0.15, -0.1) is 0 Å². The predicted octanol–water partition coefficient (Wildman–Crippen LogP) is 3.51. The van der Waals surface area contributed by atoms with Gasteiger partial charge in [0.05, 0.1) is 5.60 Å². The average Bonchev–Trinajstić information content (AvgIpc) is 2.06. The zero-order valence-electron chi connectivity index (χ0n) is 8.90. The highest BCUT2D eigenvalue weighted by molar-refractivity contribution is 4.75. The largest absolute Gasteiger partial charge is 0.390 e. The van der Waals surface area contributed by atoms with Crippen molar-refractivity contribution in [2.75, 3.05) is 0 Å². The fourth-order valence-electron chi connectivity index (χ4n) is 1.65. The van der Waals surface area contributed by atoms with Crippen molar-refractivity contribution < 1.29 is 5.11 Å². The minimum Gasteiger partial charge on any atom is -0.390 e. The van der Waals surface area contributed by atoms with Gasteiger partial charge in [-0.2, -0.15) is 0 Å². The number of aliphatic hydroxyl groups is 1. The van der Waals surface area contributed by atoms with Gasteiger partial charge in [-0.1, -0.05) is 46.5 Å². The first-order valence-electron chi connectivity index (χ1n) is 5.41. The molecule has 1 N–H and O–H groups in total. The lowest BCUT2D eigenvalue weighted by Gasteiger charge is -2.26. The lowest BCUT2D eigenvalue weighted by atomic mass is 9.89. The van der Waals surface area contributed by atoms with Crippen LogP contribution in [-0.2, 0) is 0 Å². The molecular formula is C11H24O. The van der Waals surface area contributed by atoms with Crippen LogP contribution in [0.15, 0.2) is 0 Å². The van der Waals surface area contributed by atoms with E-state index in [9.17, 15) is 5.11 Å². The monoisotopic (exact) mass is 172 g/mol. The fourth-order valence-corrected chi connectivity index (χ4v) is 1.65. The summed E-state index contributed by atoms with van der Waals surface area (Å²) in [7, 11) is 0. The van der Waals surface area contributed by atoms with E-state index in [-0.39, 0.29) is 5.60 Å². The maximum Gasteiger partial charge on any atom is 0.0645 e. The Hall–Kier alpha value is -0.0400. The Labute approximate surface area is 77.2 Å². The highest BCUT2D eigenvalue weighted by Crippen LogP contribution is 2.23. The van der Waals surface area contributed by atoms with Gasteiger partial charge in [-0.3, -0.25) is 0 Å². The van der Waals surface area contributed by atoms with E-state index in [0.29, 0.717) is 0 Å². The van der Waals surface area contributed by atoms with Crippen LogP contribution in [0.3, 0.4) is 0 Å². The van der Waals surface area contributed by atoms with Gasteiger partial charge < -0.3 is 5.11 Å². The van der Waals surface area contributed by atoms with Gasteiger partial charge >= 0.3 is 0 Å². The van der Waals surface area contributed by atoms with Crippen molar-refractivity contribution in [3.63, 3.8) is 0 Å². The first kappa shape index (κ1) is 12.0. The van der Waals surface area contributed by atoms with Gasteiger partial charge in [0.1, 0.15) is 0 Å². The molecule has 0 radical (unpaired) electrons. The minimum atomic E-state index is -0.357. The Morgan fingerprint density at radius 2 is 1.58 bits per heavy atom. The standard InChI is InChI=1S/C11H24O/c1-4-7-8-10-11(12,6-3)9-5-2/h12H,4-10H2,1-3H3. The third-order valence-corrected chi connectivity index (χ3v) is 2.62. The second-order valence-corrected chi connectivity index (χ2v) is 3.79. The normalized spacial score (nSPS) is 16.0. The molecule has 0 saturated carbocycles. The summed E-state index contributed by atoms with van der Waals surface area (Å²) < 4.78 is 0. The summed E-state index contributed by atoms with van der Waals surface area (Å²) in [5.41, 5.74) is -0.357. The van der Waals surface area contributed by atoms with E-state index < -0.39 is 0 Å². The molecule has 0 saturated heterocycles. The smallest absolute Gasteiger partial charge is 0.0645 e. The molecule has 12 heavy (non-hydrogen) atoms. The van der Waals surface area contributed by atoms with Gasteiger partial charge in [0, 0.05) is 0 Å². The minimum absolute atomic E-state index is 0.357. The summed E-state index contributed by atoms with van der Waals surface area (Å²) in [6.45, 7) is 6.42. The van der Waals surface area contributed by atoms with E-state index in [1.807, 2.05) is 0 Å². The van der Waals surface area contributed by atoms with Crippen molar-refractivity contribution in [2.45, 2.75) is 71.3 Å². The molecule has 0 aliphatic heterocycles. The molecule has 0 heterocycles. The maximum absolute atomic E-state index is 10.0. The SMILES string of the molecule is CCCCCC(O)(CC)CCC. The summed E-state index contributed by atoms with van der Waals surface area (Å²) in [6.07, 6.45) is 7.64. The van der Waals surface area contributed by atoms with Crippen LogP contribution >= 0.6 is 0 Å². The molecule has 0 aromatic rings. The molecule has 0 amide bonds. The Morgan fingerprint density at radius 3 is 2.00 bits per heavy atom. The van der Waals surface area contributed by atoms with E-state index in [1.165, 1.54) is 19.3 Å². The number of hydrogen-bond donors (Lipinski definition) is 1. The Kier molecular flexibility index (Phi) is 6.45. The van der Waals surface area contributed by atoms with Crippen LogP contribution < -0.4 is 0 Å². The second kappa shape index (κ2) is 6.47. The van der Waals surface area contributed by atoms with Gasteiger partial charge in [-0.05, 0) is 19.3 Å². The lowest BCUT2D eigenvalue weighted by molar-refractivity contribution is 0.0159. The van der Waals surface area contributed by atoms with Crippen molar-refractivity contribution in [1.29, 1.82) is 0 Å². The van der Waals surface area contributed by atoms with Crippen LogP contribution in [0.25, 0.3) is 0 Å². The first-order valence-corrected chi connectivity index (χ1v) is 5.41. The Bertz CT molecular complexity index is 101. The molecule has 1 atom stereocenters. The average molecular weight is 172 g/mol. The quantitative estimate of drug-likeness (QED) is 0.583.